The molecule has 20 heavy (non-hydrogen) atoms. The van der Waals surface area contributed by atoms with Crippen LogP contribution in [0.2, 0.25) is 0 Å². The molecule has 0 saturated carbocycles. The van der Waals surface area contributed by atoms with Gasteiger partial charge in [0.1, 0.15) is 11.6 Å². The smallest absolute Gasteiger partial charge is 0.306 e. The Kier molecular flexibility index (Phi) is 6.95. The number of halogens is 2. The number of carbonyl (C=O) groups is 1. The number of ether oxygens (including phenoxy) is 1. The van der Waals surface area contributed by atoms with Crippen LogP contribution in [0.5, 0.6) is 0 Å². The van der Waals surface area contributed by atoms with Crippen LogP contribution < -0.4 is 5.32 Å². The molecule has 3 nitrogen and oxygen atoms in total. The van der Waals surface area contributed by atoms with Gasteiger partial charge in [0.2, 0.25) is 0 Å². The van der Waals surface area contributed by atoms with Crippen molar-refractivity contribution < 1.29 is 18.3 Å². The highest BCUT2D eigenvalue weighted by Gasteiger charge is 2.13. The molecule has 0 atom stereocenters. The molecule has 1 rings (SSSR count). The van der Waals surface area contributed by atoms with E-state index >= 15 is 0 Å². The summed E-state index contributed by atoms with van der Waals surface area (Å²) < 4.78 is 32.1. The average Bonchev–Trinajstić information content (AvgIpc) is 2.39. The van der Waals surface area contributed by atoms with Crippen LogP contribution in [0, 0.1) is 11.6 Å². The number of carbonyl (C=O) groups excluding carboxylic acids is 1. The van der Waals surface area contributed by atoms with Gasteiger partial charge in [-0.05, 0) is 17.7 Å². The number of esters is 1. The van der Waals surface area contributed by atoms with E-state index in [1.54, 1.807) is 0 Å². The van der Waals surface area contributed by atoms with Gasteiger partial charge in [-0.1, -0.05) is 13.8 Å². The fourth-order valence-corrected chi connectivity index (χ4v) is 2.38. The zero-order valence-electron chi connectivity index (χ0n) is 11.8. The Morgan fingerprint density at radius 2 is 1.95 bits per heavy atom. The number of hydrogen-bond donors (Lipinski definition) is 1. The Bertz CT molecular complexity index is 443. The maximum Gasteiger partial charge on any atom is 0.306 e. The van der Waals surface area contributed by atoms with Crippen molar-refractivity contribution in [2.45, 2.75) is 37.8 Å². The zero-order valence-corrected chi connectivity index (χ0v) is 12.7. The third-order valence-corrected chi connectivity index (χ3v) is 3.64. The molecule has 1 aromatic carbocycles. The predicted octanol–water partition coefficient (Wildman–Crippen LogP) is 3.12. The molecule has 0 spiro atoms. The summed E-state index contributed by atoms with van der Waals surface area (Å²) in [6.45, 7) is 4.34. The molecule has 0 saturated heterocycles. The second-order valence-corrected chi connectivity index (χ2v) is 5.70. The van der Waals surface area contributed by atoms with Gasteiger partial charge in [-0.2, -0.15) is 0 Å². The van der Waals surface area contributed by atoms with Crippen LogP contribution in [0.4, 0.5) is 8.78 Å². The van der Waals surface area contributed by atoms with Crippen molar-refractivity contribution >= 4 is 17.7 Å². The van der Waals surface area contributed by atoms with Gasteiger partial charge in [0.25, 0.3) is 0 Å². The van der Waals surface area contributed by atoms with Crippen LogP contribution in [0.15, 0.2) is 17.0 Å². The first-order chi connectivity index (χ1) is 9.43. The van der Waals surface area contributed by atoms with E-state index in [1.807, 2.05) is 13.8 Å². The Hall–Kier alpha value is -1.14. The van der Waals surface area contributed by atoms with Crippen molar-refractivity contribution in [3.05, 3.63) is 29.3 Å². The standard InChI is InChI=1S/C14H19F2NO2S/c1-9(2)17-8-10-6-11(15)14(12(16)7-10)20-5-4-13(18)19-3/h6-7,9,17H,4-5,8H2,1-3H3. The van der Waals surface area contributed by atoms with Crippen molar-refractivity contribution in [2.24, 2.45) is 0 Å². The summed E-state index contributed by atoms with van der Waals surface area (Å²) in [7, 11) is 1.28. The lowest BCUT2D eigenvalue weighted by Gasteiger charge is -2.10. The highest BCUT2D eigenvalue weighted by Crippen LogP contribution is 2.27. The predicted molar refractivity (Wildman–Crippen MR) is 75.7 cm³/mol. The van der Waals surface area contributed by atoms with Crippen LogP contribution in [-0.4, -0.2) is 24.9 Å². The third kappa shape index (κ3) is 5.46. The number of thioether (sulfide) groups is 1. The van der Waals surface area contributed by atoms with Crippen molar-refractivity contribution in [2.75, 3.05) is 12.9 Å². The number of rotatable bonds is 7. The molecule has 0 heterocycles. The summed E-state index contributed by atoms with van der Waals surface area (Å²) in [6.07, 6.45) is 0.122. The lowest BCUT2D eigenvalue weighted by atomic mass is 10.2. The molecule has 0 aliphatic heterocycles. The number of nitrogens with one attached hydrogen (secondary N) is 1. The van der Waals surface area contributed by atoms with Gasteiger partial charge in [0, 0.05) is 18.3 Å². The van der Waals surface area contributed by atoms with Crippen LogP contribution >= 0.6 is 11.8 Å². The first-order valence-corrected chi connectivity index (χ1v) is 7.33. The Balaban J connectivity index is 2.66. The van der Waals surface area contributed by atoms with Gasteiger partial charge < -0.3 is 10.1 Å². The van der Waals surface area contributed by atoms with E-state index < -0.39 is 17.6 Å². The molecule has 0 unspecified atom stereocenters. The van der Waals surface area contributed by atoms with E-state index in [1.165, 1.54) is 19.2 Å². The van der Waals surface area contributed by atoms with Gasteiger partial charge in [0.05, 0.1) is 18.4 Å². The minimum atomic E-state index is -0.597. The highest BCUT2D eigenvalue weighted by atomic mass is 32.2. The molecule has 0 fully saturated rings. The molecule has 0 bridgehead atoms. The Morgan fingerprint density at radius 3 is 2.45 bits per heavy atom. The van der Waals surface area contributed by atoms with Crippen LogP contribution in [-0.2, 0) is 16.1 Å². The molecule has 0 aromatic heterocycles. The molecule has 1 N–H and O–H groups in total. The molecule has 0 amide bonds. The van der Waals surface area contributed by atoms with Gasteiger partial charge in [-0.15, -0.1) is 11.8 Å². The maximum absolute atomic E-state index is 13.8. The van der Waals surface area contributed by atoms with Crippen molar-refractivity contribution in [3.8, 4) is 0 Å². The minimum Gasteiger partial charge on any atom is -0.469 e. The topological polar surface area (TPSA) is 38.3 Å². The monoisotopic (exact) mass is 303 g/mol. The quantitative estimate of drug-likeness (QED) is 0.620. The van der Waals surface area contributed by atoms with E-state index in [-0.39, 0.29) is 23.1 Å². The van der Waals surface area contributed by atoms with Gasteiger partial charge >= 0.3 is 5.97 Å². The molecule has 0 aliphatic carbocycles. The van der Waals surface area contributed by atoms with Gasteiger partial charge in [-0.3, -0.25) is 4.79 Å². The summed E-state index contributed by atoms with van der Waals surface area (Å²) in [4.78, 5) is 10.9. The third-order valence-electron chi connectivity index (χ3n) is 2.55. The van der Waals surface area contributed by atoms with E-state index in [0.717, 1.165) is 11.8 Å². The van der Waals surface area contributed by atoms with Gasteiger partial charge in [0.15, 0.2) is 0 Å². The highest BCUT2D eigenvalue weighted by molar-refractivity contribution is 7.99. The summed E-state index contributed by atoms with van der Waals surface area (Å²) in [5, 5.41) is 3.10. The normalized spacial score (nSPS) is 10.9. The number of hydrogen-bond acceptors (Lipinski definition) is 4. The summed E-state index contributed by atoms with van der Waals surface area (Å²) >= 11 is 0.979. The van der Waals surface area contributed by atoms with Crippen molar-refractivity contribution in [3.63, 3.8) is 0 Å². The second-order valence-electron chi connectivity index (χ2n) is 4.60. The van der Waals surface area contributed by atoms with E-state index in [2.05, 4.69) is 10.1 Å². The molecular weight excluding hydrogens is 284 g/mol. The van der Waals surface area contributed by atoms with Crippen LogP contribution in [0.25, 0.3) is 0 Å². The largest absolute Gasteiger partial charge is 0.469 e. The minimum absolute atomic E-state index is 0.0535. The molecular formula is C14H19F2NO2S. The first-order valence-electron chi connectivity index (χ1n) is 6.35. The van der Waals surface area contributed by atoms with E-state index in [9.17, 15) is 13.6 Å². The lowest BCUT2D eigenvalue weighted by molar-refractivity contribution is -0.140. The molecule has 0 radical (unpaired) electrons. The van der Waals surface area contributed by atoms with E-state index in [0.29, 0.717) is 12.1 Å². The zero-order chi connectivity index (χ0) is 15.1. The summed E-state index contributed by atoms with van der Waals surface area (Å²) in [6, 6.07) is 2.88. The number of benzene rings is 1. The van der Waals surface area contributed by atoms with Crippen molar-refractivity contribution in [1.29, 1.82) is 0 Å². The Morgan fingerprint density at radius 1 is 1.35 bits per heavy atom. The molecule has 112 valence electrons. The summed E-state index contributed by atoms with van der Waals surface area (Å²) in [5.74, 6) is -1.30. The lowest BCUT2D eigenvalue weighted by Crippen LogP contribution is -2.22. The fourth-order valence-electron chi connectivity index (χ4n) is 1.51. The molecule has 0 aliphatic rings. The van der Waals surface area contributed by atoms with Crippen molar-refractivity contribution in [1.82, 2.24) is 5.32 Å². The fraction of sp³-hybridized carbons (Fsp3) is 0.500. The first kappa shape index (κ1) is 16.9. The van der Waals surface area contributed by atoms with Crippen LogP contribution in [0.1, 0.15) is 25.8 Å². The number of methoxy groups -OCH3 is 1. The van der Waals surface area contributed by atoms with Gasteiger partial charge in [-0.25, -0.2) is 8.78 Å². The molecule has 6 heteroatoms. The SMILES string of the molecule is COC(=O)CCSc1c(F)cc(CNC(C)C)cc1F. The average molecular weight is 303 g/mol. The Labute approximate surface area is 122 Å². The summed E-state index contributed by atoms with van der Waals surface area (Å²) in [5.41, 5.74) is 0.561. The second kappa shape index (κ2) is 8.21. The van der Waals surface area contributed by atoms with E-state index in [4.69, 9.17) is 0 Å². The maximum atomic E-state index is 13.8. The van der Waals surface area contributed by atoms with Crippen LogP contribution in [0.3, 0.4) is 0 Å². The molecule has 1 aromatic rings.